The summed E-state index contributed by atoms with van der Waals surface area (Å²) in [5.41, 5.74) is 3.78. The molecule has 0 saturated heterocycles. The number of nitrogens with one attached hydrogen (secondary N) is 2. The number of aryl methyl sites for hydroxylation is 2. The minimum absolute atomic E-state index is 0.210. The minimum Gasteiger partial charge on any atom is -0.383 e. The van der Waals surface area contributed by atoms with Crippen LogP contribution in [0, 0.1) is 6.92 Å². The predicted octanol–water partition coefficient (Wildman–Crippen LogP) is 2.47. The van der Waals surface area contributed by atoms with Crippen LogP contribution in [0.25, 0.3) is 0 Å². The van der Waals surface area contributed by atoms with Crippen LogP contribution in [0.3, 0.4) is 0 Å². The van der Waals surface area contributed by atoms with Gasteiger partial charge in [0.05, 0.1) is 12.2 Å². The zero-order chi connectivity index (χ0) is 16.7. The number of hydrogen-bond donors (Lipinski definition) is 2. The quantitative estimate of drug-likeness (QED) is 0.768. The molecule has 2 aromatic rings. The molecular weight excluding hydrogens is 292 g/mol. The number of benzene rings is 1. The van der Waals surface area contributed by atoms with Gasteiger partial charge in [0.15, 0.2) is 0 Å². The Morgan fingerprint density at radius 3 is 2.65 bits per heavy atom. The number of anilines is 2. The van der Waals surface area contributed by atoms with Crippen molar-refractivity contribution in [2.45, 2.75) is 20.3 Å². The molecule has 122 valence electrons. The van der Waals surface area contributed by atoms with E-state index in [1.54, 1.807) is 7.11 Å². The molecule has 0 unspecified atom stereocenters. The molecule has 23 heavy (non-hydrogen) atoms. The molecule has 0 fully saturated rings. The lowest BCUT2D eigenvalue weighted by Gasteiger charge is -2.12. The van der Waals surface area contributed by atoms with Crippen LogP contribution >= 0.6 is 0 Å². The molecule has 0 radical (unpaired) electrons. The van der Waals surface area contributed by atoms with Crippen molar-refractivity contribution in [3.8, 4) is 0 Å². The average Bonchev–Trinajstić information content (AvgIpc) is 2.57. The molecule has 1 aromatic heterocycles. The van der Waals surface area contributed by atoms with Gasteiger partial charge < -0.3 is 15.4 Å². The smallest absolute Gasteiger partial charge is 0.254 e. The maximum atomic E-state index is 11.9. The van der Waals surface area contributed by atoms with E-state index in [2.05, 4.69) is 33.6 Å². The maximum Gasteiger partial charge on any atom is 0.254 e. The van der Waals surface area contributed by atoms with Crippen LogP contribution in [0.5, 0.6) is 0 Å². The molecular formula is C17H22N4O2. The maximum absolute atomic E-state index is 11.9. The second-order valence-electron chi connectivity index (χ2n) is 5.13. The topological polar surface area (TPSA) is 76.1 Å². The third-order valence-electron chi connectivity index (χ3n) is 3.48. The van der Waals surface area contributed by atoms with E-state index in [4.69, 9.17) is 4.74 Å². The number of aromatic nitrogens is 2. The number of carbonyl (C=O) groups excluding carboxylic acids is 1. The van der Waals surface area contributed by atoms with Crippen molar-refractivity contribution >= 4 is 17.5 Å². The van der Waals surface area contributed by atoms with Gasteiger partial charge in [0.2, 0.25) is 5.95 Å². The molecule has 6 nitrogen and oxygen atoms in total. The van der Waals surface area contributed by atoms with Crippen LogP contribution in [0.1, 0.15) is 28.4 Å². The largest absolute Gasteiger partial charge is 0.383 e. The number of amides is 1. The second kappa shape index (κ2) is 8.24. The molecule has 1 aromatic carbocycles. The monoisotopic (exact) mass is 314 g/mol. The van der Waals surface area contributed by atoms with Crippen molar-refractivity contribution in [1.82, 2.24) is 15.3 Å². The summed E-state index contributed by atoms with van der Waals surface area (Å²) >= 11 is 0. The van der Waals surface area contributed by atoms with E-state index in [9.17, 15) is 4.79 Å². The zero-order valence-electron chi connectivity index (χ0n) is 13.7. The first-order chi connectivity index (χ1) is 11.2. The van der Waals surface area contributed by atoms with Crippen LogP contribution < -0.4 is 10.6 Å². The lowest BCUT2D eigenvalue weighted by Crippen LogP contribution is -2.27. The Kier molecular flexibility index (Phi) is 6.05. The van der Waals surface area contributed by atoms with Gasteiger partial charge in [0, 0.05) is 31.7 Å². The fraction of sp³-hybridized carbons (Fsp3) is 0.353. The number of methoxy groups -OCH3 is 1. The van der Waals surface area contributed by atoms with E-state index in [1.165, 1.54) is 18.0 Å². The van der Waals surface area contributed by atoms with Crippen molar-refractivity contribution in [2.24, 2.45) is 0 Å². The first-order valence-electron chi connectivity index (χ1n) is 7.60. The van der Waals surface area contributed by atoms with E-state index < -0.39 is 0 Å². The van der Waals surface area contributed by atoms with Gasteiger partial charge in [-0.05, 0) is 24.5 Å². The summed E-state index contributed by atoms with van der Waals surface area (Å²) in [7, 11) is 1.59. The van der Waals surface area contributed by atoms with Crippen molar-refractivity contribution in [3.05, 3.63) is 47.3 Å². The number of nitrogens with zero attached hydrogens (tertiary/aromatic N) is 2. The summed E-state index contributed by atoms with van der Waals surface area (Å²) in [6, 6.07) is 6.15. The first-order valence-corrected chi connectivity index (χ1v) is 7.60. The van der Waals surface area contributed by atoms with Crippen molar-refractivity contribution < 1.29 is 9.53 Å². The third kappa shape index (κ3) is 4.50. The Hall–Kier alpha value is -2.47. The molecule has 0 atom stereocenters. The molecule has 6 heteroatoms. The summed E-state index contributed by atoms with van der Waals surface area (Å²) in [6.45, 7) is 5.07. The molecule has 2 rings (SSSR count). The lowest BCUT2D eigenvalue weighted by molar-refractivity contribution is 0.0936. The van der Waals surface area contributed by atoms with Gasteiger partial charge in [-0.15, -0.1) is 0 Å². The highest BCUT2D eigenvalue weighted by atomic mass is 16.5. The van der Waals surface area contributed by atoms with Gasteiger partial charge >= 0.3 is 0 Å². The van der Waals surface area contributed by atoms with Crippen LogP contribution in [-0.2, 0) is 11.2 Å². The Morgan fingerprint density at radius 2 is 2.00 bits per heavy atom. The molecule has 0 spiro atoms. The van der Waals surface area contributed by atoms with Gasteiger partial charge in [0.25, 0.3) is 5.91 Å². The molecule has 1 amide bonds. The highest BCUT2D eigenvalue weighted by Crippen LogP contribution is 2.23. The number of para-hydroxylation sites is 1. The van der Waals surface area contributed by atoms with Gasteiger partial charge in [0.1, 0.15) is 0 Å². The number of carbonyl (C=O) groups is 1. The fourth-order valence-corrected chi connectivity index (χ4v) is 2.19. The van der Waals surface area contributed by atoms with E-state index in [-0.39, 0.29) is 5.91 Å². The third-order valence-corrected chi connectivity index (χ3v) is 3.48. The summed E-state index contributed by atoms with van der Waals surface area (Å²) in [4.78, 5) is 20.3. The highest BCUT2D eigenvalue weighted by molar-refractivity contribution is 5.93. The molecule has 0 bridgehead atoms. The van der Waals surface area contributed by atoms with Crippen LogP contribution in [0.2, 0.25) is 0 Å². The SMILES string of the molecule is CCc1cccc(C)c1Nc1ncc(C(=O)NCCOC)cn1. The summed E-state index contributed by atoms with van der Waals surface area (Å²) in [5.74, 6) is 0.265. The highest BCUT2D eigenvalue weighted by Gasteiger charge is 2.09. The molecule has 1 heterocycles. The normalized spacial score (nSPS) is 10.4. The Bertz CT molecular complexity index is 656. The van der Waals surface area contributed by atoms with E-state index >= 15 is 0 Å². The lowest BCUT2D eigenvalue weighted by atomic mass is 10.1. The van der Waals surface area contributed by atoms with E-state index in [0.717, 1.165) is 17.7 Å². The fourth-order valence-electron chi connectivity index (χ4n) is 2.19. The van der Waals surface area contributed by atoms with E-state index in [1.807, 2.05) is 19.1 Å². The van der Waals surface area contributed by atoms with Crippen LogP contribution in [0.4, 0.5) is 11.6 Å². The standard InChI is InChI=1S/C17H22N4O2/c1-4-13-7-5-6-12(2)15(13)21-17-19-10-14(11-20-17)16(22)18-8-9-23-3/h5-7,10-11H,4,8-9H2,1-3H3,(H,18,22)(H,19,20,21). The van der Waals surface area contributed by atoms with Gasteiger partial charge in [-0.2, -0.15) is 0 Å². The molecule has 0 aliphatic heterocycles. The Balaban J connectivity index is 2.07. The Labute approximate surface area is 136 Å². The summed E-state index contributed by atoms with van der Waals surface area (Å²) in [5, 5.41) is 5.97. The zero-order valence-corrected chi connectivity index (χ0v) is 13.7. The van der Waals surface area contributed by atoms with Crippen LogP contribution in [0.15, 0.2) is 30.6 Å². The Morgan fingerprint density at radius 1 is 1.26 bits per heavy atom. The molecule has 0 aliphatic rings. The second-order valence-corrected chi connectivity index (χ2v) is 5.13. The number of rotatable bonds is 7. The van der Waals surface area contributed by atoms with Crippen molar-refractivity contribution in [1.29, 1.82) is 0 Å². The molecule has 2 N–H and O–H groups in total. The van der Waals surface area contributed by atoms with Gasteiger partial charge in [-0.25, -0.2) is 9.97 Å². The first kappa shape index (κ1) is 16.9. The summed E-state index contributed by atoms with van der Waals surface area (Å²) < 4.78 is 4.89. The van der Waals surface area contributed by atoms with Crippen molar-refractivity contribution in [2.75, 3.05) is 25.6 Å². The van der Waals surface area contributed by atoms with Crippen molar-refractivity contribution in [3.63, 3.8) is 0 Å². The number of hydrogen-bond acceptors (Lipinski definition) is 5. The predicted molar refractivity (Wildman–Crippen MR) is 90.1 cm³/mol. The summed E-state index contributed by atoms with van der Waals surface area (Å²) in [6.07, 6.45) is 3.95. The van der Waals surface area contributed by atoms with Crippen LogP contribution in [-0.4, -0.2) is 36.1 Å². The minimum atomic E-state index is -0.210. The molecule has 0 aliphatic carbocycles. The van der Waals surface area contributed by atoms with E-state index in [0.29, 0.717) is 24.7 Å². The average molecular weight is 314 g/mol. The number of ether oxygens (including phenoxy) is 1. The van der Waals surface area contributed by atoms with Gasteiger partial charge in [-0.3, -0.25) is 4.79 Å². The molecule has 0 saturated carbocycles. The van der Waals surface area contributed by atoms with Gasteiger partial charge in [-0.1, -0.05) is 25.1 Å².